The topological polar surface area (TPSA) is 64.6 Å². The molecule has 0 unspecified atom stereocenters. The zero-order valence-electron chi connectivity index (χ0n) is 35.7. The van der Waals surface area contributed by atoms with Crippen molar-refractivity contribution >= 4 is 76.6 Å². The molecule has 300 valence electrons. The summed E-state index contributed by atoms with van der Waals surface area (Å²) < 4.78 is 11.1. The number of hydrogen-bond acceptors (Lipinski definition) is 3. The molecule has 0 radical (unpaired) electrons. The van der Waals surface area contributed by atoms with Crippen molar-refractivity contribution in [3.05, 3.63) is 169 Å². The molecule has 7 aromatic carbocycles. The number of aromatic amines is 1. The first-order chi connectivity index (χ1) is 30.0. The van der Waals surface area contributed by atoms with Crippen molar-refractivity contribution in [2.24, 2.45) is 0 Å². The van der Waals surface area contributed by atoms with Crippen LogP contribution >= 0.6 is 0 Å². The number of rotatable bonds is 4. The Morgan fingerprint density at radius 2 is 1.21 bits per heavy atom. The first-order valence-corrected chi connectivity index (χ1v) is 21.5. The van der Waals surface area contributed by atoms with Crippen molar-refractivity contribution in [3.63, 3.8) is 0 Å². The summed E-state index contributed by atoms with van der Waals surface area (Å²) in [6, 6.07) is 54.6. The van der Waals surface area contributed by atoms with Gasteiger partial charge < -0.3 is 9.40 Å². The Morgan fingerprint density at radius 1 is 0.500 bits per heavy atom. The number of fused-ring (bicyclic) bond motifs is 10. The number of hydrogen-bond donors (Lipinski definition) is 1. The third kappa shape index (κ3) is 5.49. The van der Waals surface area contributed by atoms with Crippen LogP contribution in [0, 0.1) is 0 Å². The van der Waals surface area contributed by atoms with E-state index in [2.05, 4.69) is 183 Å². The SMILES string of the molecule is CC(C)(C)c1cc(-n2c(-c3cccc4c3[nH]c3ccccc34)nc3c(-c4ccc5c6cc7c(cc6n(-c6ccccn6)c5c4)oc4ccccc47)cccc32)cc(C(C)(C)C)c1. The molecule has 0 aliphatic rings. The lowest BCUT2D eigenvalue weighted by molar-refractivity contribution is 0.568. The minimum absolute atomic E-state index is 0.0634. The highest BCUT2D eigenvalue weighted by atomic mass is 16.3. The Kier molecular flexibility index (Phi) is 7.65. The maximum atomic E-state index is 6.42. The van der Waals surface area contributed by atoms with Gasteiger partial charge in [0.2, 0.25) is 0 Å². The molecule has 0 fully saturated rings. The Labute approximate surface area is 359 Å². The summed E-state index contributed by atoms with van der Waals surface area (Å²) in [5, 5.41) is 6.91. The van der Waals surface area contributed by atoms with Gasteiger partial charge in [-0.15, -0.1) is 0 Å². The van der Waals surface area contributed by atoms with Gasteiger partial charge in [0.05, 0.1) is 27.6 Å². The molecule has 0 amide bonds. The number of imidazole rings is 1. The second-order valence-corrected chi connectivity index (χ2v) is 18.8. The molecular formula is C56H45N5O. The maximum absolute atomic E-state index is 6.42. The van der Waals surface area contributed by atoms with Crippen LogP contribution in [0.15, 0.2) is 162 Å². The lowest BCUT2D eigenvalue weighted by atomic mass is 9.80. The monoisotopic (exact) mass is 803 g/mol. The van der Waals surface area contributed by atoms with E-state index in [4.69, 9.17) is 14.4 Å². The van der Waals surface area contributed by atoms with Gasteiger partial charge in [-0.2, -0.15) is 0 Å². The summed E-state index contributed by atoms with van der Waals surface area (Å²) in [5.41, 5.74) is 14.8. The van der Waals surface area contributed by atoms with E-state index in [0.29, 0.717) is 0 Å². The molecule has 0 spiro atoms. The first kappa shape index (κ1) is 36.4. The van der Waals surface area contributed by atoms with Crippen LogP contribution in [0.4, 0.5) is 0 Å². The van der Waals surface area contributed by atoms with Crippen LogP contribution in [-0.4, -0.2) is 24.1 Å². The number of pyridine rings is 1. The van der Waals surface area contributed by atoms with Crippen LogP contribution in [0.25, 0.3) is 111 Å². The average molecular weight is 804 g/mol. The van der Waals surface area contributed by atoms with Gasteiger partial charge in [-0.05, 0) is 88.2 Å². The quantitative estimate of drug-likeness (QED) is 0.193. The predicted octanol–water partition coefficient (Wildman–Crippen LogP) is 15.0. The fraction of sp³-hybridized carbons (Fsp3) is 0.143. The van der Waals surface area contributed by atoms with E-state index < -0.39 is 0 Å². The summed E-state index contributed by atoms with van der Waals surface area (Å²) in [4.78, 5) is 14.4. The summed E-state index contributed by atoms with van der Waals surface area (Å²) in [6.45, 7) is 13.8. The van der Waals surface area contributed by atoms with Gasteiger partial charge in [0, 0.05) is 66.9 Å². The molecule has 5 aromatic heterocycles. The van der Waals surface area contributed by atoms with E-state index in [9.17, 15) is 0 Å². The molecule has 1 N–H and O–H groups in total. The minimum Gasteiger partial charge on any atom is -0.456 e. The number of aromatic nitrogens is 5. The molecule has 0 saturated carbocycles. The van der Waals surface area contributed by atoms with E-state index in [0.717, 1.165) is 99.8 Å². The van der Waals surface area contributed by atoms with E-state index in [1.54, 1.807) is 0 Å². The highest BCUT2D eigenvalue weighted by molar-refractivity contribution is 6.18. The number of nitrogens with zero attached hydrogens (tertiary/aromatic N) is 4. The van der Waals surface area contributed by atoms with Crippen molar-refractivity contribution in [1.29, 1.82) is 0 Å². The second-order valence-electron chi connectivity index (χ2n) is 18.8. The Bertz CT molecular complexity index is 3740. The highest BCUT2D eigenvalue weighted by Crippen LogP contribution is 2.43. The molecule has 6 heteroatoms. The fourth-order valence-corrected chi connectivity index (χ4v) is 9.58. The molecule has 5 heterocycles. The number of furan rings is 1. The van der Waals surface area contributed by atoms with Crippen molar-refractivity contribution in [3.8, 4) is 34.0 Å². The Balaban J connectivity index is 1.15. The lowest BCUT2D eigenvalue weighted by Gasteiger charge is -2.27. The van der Waals surface area contributed by atoms with E-state index in [-0.39, 0.29) is 10.8 Å². The van der Waals surface area contributed by atoms with Crippen molar-refractivity contribution in [2.45, 2.75) is 52.4 Å². The average Bonchev–Trinajstić information content (AvgIpc) is 4.03. The molecule has 0 bridgehead atoms. The third-order valence-electron chi connectivity index (χ3n) is 12.8. The van der Waals surface area contributed by atoms with E-state index in [1.165, 1.54) is 21.9 Å². The third-order valence-corrected chi connectivity index (χ3v) is 12.8. The summed E-state index contributed by atoms with van der Waals surface area (Å²) in [6.07, 6.45) is 1.86. The molecule has 0 saturated heterocycles. The maximum Gasteiger partial charge on any atom is 0.147 e. The van der Waals surface area contributed by atoms with E-state index in [1.807, 2.05) is 30.5 Å². The smallest absolute Gasteiger partial charge is 0.147 e. The number of H-pyrrole nitrogens is 1. The van der Waals surface area contributed by atoms with Gasteiger partial charge in [0.15, 0.2) is 0 Å². The molecule has 0 aliphatic carbocycles. The van der Waals surface area contributed by atoms with Gasteiger partial charge in [-0.3, -0.25) is 9.13 Å². The van der Waals surface area contributed by atoms with Gasteiger partial charge in [0.25, 0.3) is 0 Å². The zero-order valence-corrected chi connectivity index (χ0v) is 35.7. The largest absolute Gasteiger partial charge is 0.456 e. The zero-order chi connectivity index (χ0) is 42.1. The van der Waals surface area contributed by atoms with Crippen LogP contribution in [0.3, 0.4) is 0 Å². The molecular weight excluding hydrogens is 759 g/mol. The van der Waals surface area contributed by atoms with Gasteiger partial charge in [0.1, 0.15) is 22.8 Å². The summed E-state index contributed by atoms with van der Waals surface area (Å²) in [5.74, 6) is 1.75. The molecule has 12 rings (SSSR count). The molecule has 62 heavy (non-hydrogen) atoms. The molecule has 6 nitrogen and oxygen atoms in total. The Morgan fingerprint density at radius 3 is 2.00 bits per heavy atom. The fourth-order valence-electron chi connectivity index (χ4n) is 9.58. The Hall–Kier alpha value is -7.44. The van der Waals surface area contributed by atoms with Gasteiger partial charge in [-0.25, -0.2) is 9.97 Å². The van der Waals surface area contributed by atoms with Crippen molar-refractivity contribution < 1.29 is 4.42 Å². The van der Waals surface area contributed by atoms with Crippen LogP contribution in [0.5, 0.6) is 0 Å². The normalized spacial score (nSPS) is 12.7. The first-order valence-electron chi connectivity index (χ1n) is 21.5. The summed E-state index contributed by atoms with van der Waals surface area (Å²) >= 11 is 0. The van der Waals surface area contributed by atoms with Crippen molar-refractivity contribution in [1.82, 2.24) is 24.1 Å². The summed E-state index contributed by atoms with van der Waals surface area (Å²) in [7, 11) is 0. The predicted molar refractivity (Wildman–Crippen MR) is 258 cm³/mol. The number of nitrogens with one attached hydrogen (secondary N) is 1. The number of para-hydroxylation sites is 4. The van der Waals surface area contributed by atoms with Crippen LogP contribution in [-0.2, 0) is 10.8 Å². The minimum atomic E-state index is -0.0634. The van der Waals surface area contributed by atoms with Crippen LogP contribution < -0.4 is 0 Å². The second kappa shape index (κ2) is 13.0. The van der Waals surface area contributed by atoms with Crippen LogP contribution in [0.1, 0.15) is 52.7 Å². The lowest BCUT2D eigenvalue weighted by Crippen LogP contribution is -2.17. The highest BCUT2D eigenvalue weighted by Gasteiger charge is 2.26. The molecule has 12 aromatic rings. The van der Waals surface area contributed by atoms with Crippen molar-refractivity contribution in [2.75, 3.05) is 0 Å². The number of benzene rings is 7. The van der Waals surface area contributed by atoms with Crippen LogP contribution in [0.2, 0.25) is 0 Å². The van der Waals surface area contributed by atoms with Gasteiger partial charge >= 0.3 is 0 Å². The molecule has 0 atom stereocenters. The standard InChI is InChI=1S/C56H45N5O/c1-55(2,3)34-28-35(56(4,5)6)30-36(29-34)60-46-21-14-17-37(53(46)59-54(60)42-19-13-18-41-38-15-7-9-20-45(38)58-52(41)42)33-24-25-39-43-31-44-40-16-8-10-22-49(40)62-50(44)32-48(43)61(47(39)27-33)51-23-11-12-26-57-51/h7-32,58H,1-6H3. The van der Waals surface area contributed by atoms with Gasteiger partial charge in [-0.1, -0.05) is 126 Å². The molecule has 0 aliphatic heterocycles. The van der Waals surface area contributed by atoms with E-state index >= 15 is 0 Å².